The predicted octanol–water partition coefficient (Wildman–Crippen LogP) is 2.13. The number of amides is 1. The summed E-state index contributed by atoms with van der Waals surface area (Å²) in [6.45, 7) is 5.39. The van der Waals surface area contributed by atoms with Crippen molar-refractivity contribution < 1.29 is 9.53 Å². The first-order valence-electron chi connectivity index (χ1n) is 6.13. The summed E-state index contributed by atoms with van der Waals surface area (Å²) in [5.41, 5.74) is 2.47. The predicted molar refractivity (Wildman–Crippen MR) is 66.6 cm³/mol. The fraction of sp³-hybridized carbons (Fsp3) is 0.500. The zero-order chi connectivity index (χ0) is 12.3. The summed E-state index contributed by atoms with van der Waals surface area (Å²) < 4.78 is 5.36. The zero-order valence-electron chi connectivity index (χ0n) is 10.5. The van der Waals surface area contributed by atoms with E-state index in [2.05, 4.69) is 31.2 Å². The standard InChI is InChI=1S/C14H19NO2/c1-11-3-5-13(6-4-11)7-8-14(16)15-9-10-17-12(15)2/h3-6,12H,7-10H2,1-2H3. The van der Waals surface area contributed by atoms with Crippen molar-refractivity contribution in [3.8, 4) is 0 Å². The Morgan fingerprint density at radius 3 is 2.71 bits per heavy atom. The van der Waals surface area contributed by atoms with Gasteiger partial charge in [0.05, 0.1) is 6.61 Å². The van der Waals surface area contributed by atoms with E-state index in [4.69, 9.17) is 4.74 Å². The van der Waals surface area contributed by atoms with E-state index in [1.807, 2.05) is 11.8 Å². The van der Waals surface area contributed by atoms with Crippen LogP contribution in [0.25, 0.3) is 0 Å². The Kier molecular flexibility index (Phi) is 3.79. The van der Waals surface area contributed by atoms with Crippen molar-refractivity contribution in [3.05, 3.63) is 35.4 Å². The van der Waals surface area contributed by atoms with Gasteiger partial charge >= 0.3 is 0 Å². The van der Waals surface area contributed by atoms with Crippen LogP contribution in [0, 0.1) is 6.92 Å². The van der Waals surface area contributed by atoms with E-state index in [0.29, 0.717) is 13.0 Å². The maximum absolute atomic E-state index is 11.9. The van der Waals surface area contributed by atoms with E-state index in [-0.39, 0.29) is 12.1 Å². The van der Waals surface area contributed by atoms with Crippen molar-refractivity contribution in [2.45, 2.75) is 32.9 Å². The topological polar surface area (TPSA) is 29.5 Å². The lowest BCUT2D eigenvalue weighted by Crippen LogP contribution is -2.34. The molecule has 0 spiro atoms. The molecule has 17 heavy (non-hydrogen) atoms. The van der Waals surface area contributed by atoms with Crippen LogP contribution in [0.2, 0.25) is 0 Å². The smallest absolute Gasteiger partial charge is 0.225 e. The highest BCUT2D eigenvalue weighted by Gasteiger charge is 2.25. The van der Waals surface area contributed by atoms with Crippen molar-refractivity contribution in [3.63, 3.8) is 0 Å². The normalized spacial score (nSPS) is 19.6. The molecule has 0 N–H and O–H groups in total. The van der Waals surface area contributed by atoms with Gasteiger partial charge in [0, 0.05) is 13.0 Å². The lowest BCUT2D eigenvalue weighted by molar-refractivity contribution is -0.135. The van der Waals surface area contributed by atoms with Crippen LogP contribution in [-0.2, 0) is 16.0 Å². The molecule has 2 rings (SSSR count). The summed E-state index contributed by atoms with van der Waals surface area (Å²) in [5, 5.41) is 0. The van der Waals surface area contributed by atoms with E-state index < -0.39 is 0 Å². The minimum Gasteiger partial charge on any atom is -0.357 e. The van der Waals surface area contributed by atoms with Crippen LogP contribution < -0.4 is 0 Å². The Bertz CT molecular complexity index is 386. The average molecular weight is 233 g/mol. The molecule has 0 radical (unpaired) electrons. The second-order valence-corrected chi connectivity index (χ2v) is 4.54. The van der Waals surface area contributed by atoms with Crippen molar-refractivity contribution >= 4 is 5.91 Å². The van der Waals surface area contributed by atoms with Gasteiger partial charge in [-0.1, -0.05) is 29.8 Å². The first-order valence-corrected chi connectivity index (χ1v) is 6.13. The molecule has 1 aliphatic rings. The molecular formula is C14H19NO2. The van der Waals surface area contributed by atoms with Gasteiger partial charge in [0.2, 0.25) is 5.91 Å². The SMILES string of the molecule is Cc1ccc(CCC(=O)N2CCOC2C)cc1. The molecule has 0 bridgehead atoms. The van der Waals surface area contributed by atoms with Crippen molar-refractivity contribution in [1.29, 1.82) is 0 Å². The van der Waals surface area contributed by atoms with Crippen molar-refractivity contribution in [1.82, 2.24) is 4.90 Å². The van der Waals surface area contributed by atoms with Gasteiger partial charge in [-0.05, 0) is 25.8 Å². The van der Waals surface area contributed by atoms with E-state index in [1.165, 1.54) is 11.1 Å². The minimum absolute atomic E-state index is 0.0551. The molecule has 0 aliphatic carbocycles. The largest absolute Gasteiger partial charge is 0.357 e. The number of carbonyl (C=O) groups excluding carboxylic acids is 1. The first-order chi connectivity index (χ1) is 8.16. The number of hydrogen-bond donors (Lipinski definition) is 0. The van der Waals surface area contributed by atoms with Gasteiger partial charge in [0.1, 0.15) is 6.23 Å². The lowest BCUT2D eigenvalue weighted by Gasteiger charge is -2.19. The number of benzene rings is 1. The Hall–Kier alpha value is -1.35. The van der Waals surface area contributed by atoms with Gasteiger partial charge in [-0.25, -0.2) is 0 Å². The van der Waals surface area contributed by atoms with Crippen molar-refractivity contribution in [2.75, 3.05) is 13.2 Å². The first kappa shape index (κ1) is 12.1. The minimum atomic E-state index is -0.0551. The maximum Gasteiger partial charge on any atom is 0.225 e. The second kappa shape index (κ2) is 5.32. The molecule has 1 amide bonds. The molecule has 1 fully saturated rings. The van der Waals surface area contributed by atoms with Crippen LogP contribution in [0.4, 0.5) is 0 Å². The molecule has 3 nitrogen and oxygen atoms in total. The van der Waals surface area contributed by atoms with Gasteiger partial charge < -0.3 is 9.64 Å². The summed E-state index contributed by atoms with van der Waals surface area (Å²) in [6.07, 6.45) is 1.32. The number of aryl methyl sites for hydroxylation is 2. The number of carbonyl (C=O) groups is 1. The Balaban J connectivity index is 1.85. The average Bonchev–Trinajstić information content (AvgIpc) is 2.74. The zero-order valence-corrected chi connectivity index (χ0v) is 10.5. The highest BCUT2D eigenvalue weighted by molar-refractivity contribution is 5.76. The molecular weight excluding hydrogens is 214 g/mol. The third-order valence-corrected chi connectivity index (χ3v) is 3.20. The molecule has 1 aromatic rings. The third-order valence-electron chi connectivity index (χ3n) is 3.20. The Labute approximate surface area is 102 Å². The number of rotatable bonds is 3. The summed E-state index contributed by atoms with van der Waals surface area (Å²) in [6, 6.07) is 8.35. The molecule has 1 aromatic carbocycles. The summed E-state index contributed by atoms with van der Waals surface area (Å²) in [5.74, 6) is 0.190. The fourth-order valence-electron chi connectivity index (χ4n) is 2.07. The van der Waals surface area contributed by atoms with Crippen LogP contribution in [0.3, 0.4) is 0 Å². The van der Waals surface area contributed by atoms with Crippen LogP contribution >= 0.6 is 0 Å². The van der Waals surface area contributed by atoms with E-state index >= 15 is 0 Å². The molecule has 1 unspecified atom stereocenters. The third kappa shape index (κ3) is 3.07. The molecule has 0 saturated carbocycles. The number of ether oxygens (including phenoxy) is 1. The van der Waals surface area contributed by atoms with Gasteiger partial charge in [-0.2, -0.15) is 0 Å². The Morgan fingerprint density at radius 1 is 1.41 bits per heavy atom. The number of nitrogens with zero attached hydrogens (tertiary/aromatic N) is 1. The van der Waals surface area contributed by atoms with Gasteiger partial charge in [-0.15, -0.1) is 0 Å². The van der Waals surface area contributed by atoms with Gasteiger partial charge in [0.25, 0.3) is 0 Å². The molecule has 1 heterocycles. The molecule has 1 saturated heterocycles. The van der Waals surface area contributed by atoms with E-state index in [1.54, 1.807) is 0 Å². The molecule has 1 atom stereocenters. The van der Waals surface area contributed by atoms with E-state index in [9.17, 15) is 4.79 Å². The van der Waals surface area contributed by atoms with Crippen LogP contribution in [0.5, 0.6) is 0 Å². The van der Waals surface area contributed by atoms with Gasteiger partial charge in [0.15, 0.2) is 0 Å². The summed E-state index contributed by atoms with van der Waals surface area (Å²) in [4.78, 5) is 13.8. The lowest BCUT2D eigenvalue weighted by atomic mass is 10.1. The Morgan fingerprint density at radius 2 is 2.12 bits per heavy atom. The quantitative estimate of drug-likeness (QED) is 0.800. The van der Waals surface area contributed by atoms with Gasteiger partial charge in [-0.3, -0.25) is 4.79 Å². The monoisotopic (exact) mass is 233 g/mol. The maximum atomic E-state index is 11.9. The highest BCUT2D eigenvalue weighted by Crippen LogP contribution is 2.13. The summed E-state index contributed by atoms with van der Waals surface area (Å²) in [7, 11) is 0. The van der Waals surface area contributed by atoms with Crippen LogP contribution in [-0.4, -0.2) is 30.2 Å². The van der Waals surface area contributed by atoms with Crippen LogP contribution in [0.1, 0.15) is 24.5 Å². The second-order valence-electron chi connectivity index (χ2n) is 4.54. The van der Waals surface area contributed by atoms with Crippen LogP contribution in [0.15, 0.2) is 24.3 Å². The highest BCUT2D eigenvalue weighted by atomic mass is 16.5. The molecule has 1 aliphatic heterocycles. The molecule has 3 heteroatoms. The summed E-state index contributed by atoms with van der Waals surface area (Å²) >= 11 is 0. The molecule has 0 aromatic heterocycles. The van der Waals surface area contributed by atoms with Crippen molar-refractivity contribution in [2.24, 2.45) is 0 Å². The van der Waals surface area contributed by atoms with E-state index in [0.717, 1.165) is 13.0 Å². The molecule has 92 valence electrons. The fourth-order valence-corrected chi connectivity index (χ4v) is 2.07. The number of hydrogen-bond acceptors (Lipinski definition) is 2.